The molecule has 0 aromatic heterocycles. The number of hydrogen-bond acceptors (Lipinski definition) is 5. The third kappa shape index (κ3) is 8.96. The van der Waals surface area contributed by atoms with Gasteiger partial charge in [0.05, 0.1) is 12.1 Å². The van der Waals surface area contributed by atoms with E-state index < -0.39 is 0 Å². The summed E-state index contributed by atoms with van der Waals surface area (Å²) in [7, 11) is 4.57. The van der Waals surface area contributed by atoms with E-state index in [0.29, 0.717) is 11.1 Å². The first-order valence-corrected chi connectivity index (χ1v) is 24.9. The van der Waals surface area contributed by atoms with Crippen LogP contribution in [0.4, 0.5) is 0 Å². The maximum absolute atomic E-state index is 12.5. The van der Waals surface area contributed by atoms with Gasteiger partial charge in [0.25, 0.3) is 0 Å². The van der Waals surface area contributed by atoms with Crippen LogP contribution in [0.1, 0.15) is 36.8 Å². The number of rotatable bonds is 8. The predicted octanol–water partition coefficient (Wildman–Crippen LogP) is 16.2. The summed E-state index contributed by atoms with van der Waals surface area (Å²) >= 11 is 1.82. The van der Waals surface area contributed by atoms with Crippen molar-refractivity contribution in [1.29, 1.82) is 0 Å². The number of aliphatic imine (C=N–C) groups is 2. The second-order valence-electron chi connectivity index (χ2n) is 16.9. The van der Waals surface area contributed by atoms with E-state index in [-0.39, 0.29) is 23.6 Å². The van der Waals surface area contributed by atoms with Crippen LogP contribution in [-0.2, 0) is 17.3 Å². The molecule has 68 heavy (non-hydrogen) atoms. The second kappa shape index (κ2) is 21.1. The third-order valence-electron chi connectivity index (χ3n) is 13.1. The minimum atomic E-state index is -0.0958. The van der Waals surface area contributed by atoms with Crippen LogP contribution in [0.2, 0.25) is 0 Å². The Morgan fingerprint density at radius 1 is 0.426 bits per heavy atom. The Labute approximate surface area is 409 Å². The number of fused-ring (bicyclic) bond motifs is 4. The minimum absolute atomic E-state index is 0.0958. The molecule has 8 heteroatoms. The summed E-state index contributed by atoms with van der Waals surface area (Å²) in [5, 5.41) is 33.4. The molecular formula is C60H46ClN3O3Ru. The van der Waals surface area contributed by atoms with Crippen molar-refractivity contribution >= 4 is 65.2 Å². The van der Waals surface area contributed by atoms with Crippen LogP contribution >= 0.6 is 9.69 Å². The molecule has 0 radical (unpaired) electrons. The third-order valence-corrected chi connectivity index (χ3v) is 13.1. The van der Waals surface area contributed by atoms with Gasteiger partial charge in [-0.15, -0.1) is 0 Å². The van der Waals surface area contributed by atoms with E-state index >= 15 is 0 Å². The first kappa shape index (κ1) is 45.8. The smallest absolute Gasteiger partial charge is 0.423 e. The number of phenolic OH excluding ortho intramolecular Hbond substituents is 2. The van der Waals surface area contributed by atoms with Crippen molar-refractivity contribution < 1.29 is 27.5 Å². The van der Waals surface area contributed by atoms with Crippen molar-refractivity contribution in [1.82, 2.24) is 0 Å². The van der Waals surface area contributed by atoms with E-state index in [2.05, 4.69) is 167 Å². The number of benzene rings is 10. The molecule has 0 saturated heterocycles. The van der Waals surface area contributed by atoms with Crippen molar-refractivity contribution in [2.45, 2.75) is 37.8 Å². The van der Waals surface area contributed by atoms with Gasteiger partial charge in [0.15, 0.2) is 0 Å². The molecule has 2 N–H and O–H groups in total. The predicted molar refractivity (Wildman–Crippen MR) is 282 cm³/mol. The van der Waals surface area contributed by atoms with Gasteiger partial charge < -0.3 is 20.7 Å². The fraction of sp³-hybridized carbons (Fsp3) is 0.100. The normalized spacial score (nSPS) is 14.8. The molecule has 0 heterocycles. The van der Waals surface area contributed by atoms with E-state index in [9.17, 15) is 10.2 Å². The topological polar surface area (TPSA) is 105 Å². The molecule has 1 fully saturated rings. The van der Waals surface area contributed by atoms with Crippen LogP contribution in [0.5, 0.6) is 11.5 Å². The standard InChI is InChI=1S/C60H46N2O2.ClH.NO.Ru/c63-59-45(35-43-23-9-13-27-49(43)57(59)55-47-25-11-7-21-41(47)31-33-51(55)39-17-3-1-4-18-39)37-61-53-29-15-16-30-54(53)62-38-46-36-44-24-10-14-28-50(44)58(60(46)64)56-48-26-12-8-22-42(48)32-34-52(56)40-19-5-2-6-20-40;;1-2;/h1-14,17-28,31-38,53-54,63-64H,15-16,29-30H2;1H;;/q;;-1;+2/p-1/t53-,54-;;;/m0.../s1. The number of halogens is 1. The molecule has 0 spiro atoms. The Hall–Kier alpha value is -7.31. The van der Waals surface area contributed by atoms with Crippen LogP contribution < -0.4 is 0 Å². The Bertz CT molecular complexity index is 3240. The van der Waals surface area contributed by atoms with Gasteiger partial charge in [0.2, 0.25) is 0 Å². The zero-order valence-electron chi connectivity index (χ0n) is 37.0. The van der Waals surface area contributed by atoms with Crippen molar-refractivity contribution in [3.8, 4) is 56.0 Å². The van der Waals surface area contributed by atoms with E-state index in [0.717, 1.165) is 113 Å². The maximum Gasteiger partial charge on any atom is -0.423 e. The van der Waals surface area contributed by atoms with Crippen molar-refractivity contribution in [3.63, 3.8) is 0 Å². The Kier molecular flexibility index (Phi) is 14.2. The van der Waals surface area contributed by atoms with Crippen LogP contribution in [0.3, 0.4) is 0 Å². The number of hydrogen-bond donors (Lipinski definition) is 2. The zero-order valence-corrected chi connectivity index (χ0v) is 39.5. The molecule has 10 aromatic carbocycles. The second-order valence-corrected chi connectivity index (χ2v) is 16.9. The number of aromatic hydroxyl groups is 2. The minimum Gasteiger partial charge on any atom is -0.577 e. The van der Waals surface area contributed by atoms with Gasteiger partial charge >= 0.3 is 27.0 Å². The monoisotopic (exact) mass is 993 g/mol. The summed E-state index contributed by atoms with van der Waals surface area (Å²) < 4.78 is 0. The molecule has 0 aliphatic heterocycles. The first-order chi connectivity index (χ1) is 33.6. The summed E-state index contributed by atoms with van der Waals surface area (Å²) in [4.78, 5) is 17.7. The summed E-state index contributed by atoms with van der Waals surface area (Å²) in [6, 6.07) is 66.9. The van der Waals surface area contributed by atoms with E-state index in [1.165, 1.54) is 0 Å². The fourth-order valence-electron chi connectivity index (χ4n) is 10.0. The van der Waals surface area contributed by atoms with Gasteiger partial charge in [0, 0.05) is 45.8 Å². The number of nitroso groups, excluding NO2 is 1. The van der Waals surface area contributed by atoms with Crippen molar-refractivity contribution in [2.24, 2.45) is 9.98 Å². The van der Waals surface area contributed by atoms with Gasteiger partial charge in [-0.05, 0) is 90.3 Å². The number of nitrogens with zero attached hydrogens (tertiary/aromatic N) is 3. The molecule has 6 nitrogen and oxygen atoms in total. The molecular weight excluding hydrogens is 947 g/mol. The summed E-state index contributed by atoms with van der Waals surface area (Å²) in [6.45, 7) is 0. The maximum atomic E-state index is 12.5. The van der Waals surface area contributed by atoms with Crippen LogP contribution in [0, 0.1) is 4.91 Å². The Balaban J connectivity index is 0.00000141. The molecule has 1 aliphatic carbocycles. The average Bonchev–Trinajstić information content (AvgIpc) is 3.41. The van der Waals surface area contributed by atoms with E-state index in [1.54, 1.807) is 0 Å². The van der Waals surface area contributed by atoms with Crippen LogP contribution in [0.25, 0.3) is 93.2 Å². The van der Waals surface area contributed by atoms with Gasteiger partial charge in [-0.25, -0.2) is 0 Å². The SMILES string of the molecule is Oc1c(C=N[C@H]2CCCC[C@@H]2N=Cc2cc3ccccc3c(-c3c(-c4ccccc4)ccc4ccccc34)c2O)cc2ccccc2c1-c1c(-c2ccccc2)ccc2ccccc12.[Cl][Ru+].[N-]=O. The summed E-state index contributed by atoms with van der Waals surface area (Å²) in [6.07, 6.45) is 7.60. The average molecular weight is 994 g/mol. The van der Waals surface area contributed by atoms with Gasteiger partial charge in [-0.1, -0.05) is 195 Å². The molecule has 0 bridgehead atoms. The van der Waals surface area contributed by atoms with Gasteiger partial charge in [0.1, 0.15) is 11.5 Å². The fourth-order valence-corrected chi connectivity index (χ4v) is 10.0. The number of phenols is 2. The molecule has 11 rings (SSSR count). The van der Waals surface area contributed by atoms with E-state index in [1.807, 2.05) is 66.1 Å². The molecule has 10 aromatic rings. The molecule has 2 atom stereocenters. The molecule has 0 amide bonds. The largest absolute Gasteiger partial charge is 0.577 e. The van der Waals surface area contributed by atoms with Gasteiger partial charge in [-0.2, -0.15) is 0 Å². The Morgan fingerprint density at radius 2 is 0.750 bits per heavy atom. The quantitative estimate of drug-likeness (QED) is 0.117. The summed E-state index contributed by atoms with van der Waals surface area (Å²) in [5.41, 5.74) is 15.0. The van der Waals surface area contributed by atoms with Gasteiger partial charge in [-0.3, -0.25) is 9.98 Å². The first-order valence-electron chi connectivity index (χ1n) is 22.6. The van der Waals surface area contributed by atoms with Crippen LogP contribution in [-0.4, -0.2) is 34.7 Å². The molecule has 1 aliphatic rings. The zero-order chi connectivity index (χ0) is 47.0. The molecule has 1 saturated carbocycles. The summed E-state index contributed by atoms with van der Waals surface area (Å²) in [5.74, 6) is 0.424. The Morgan fingerprint density at radius 3 is 1.13 bits per heavy atom. The van der Waals surface area contributed by atoms with E-state index in [4.69, 9.17) is 20.5 Å². The van der Waals surface area contributed by atoms with Crippen molar-refractivity contribution in [3.05, 3.63) is 216 Å². The molecule has 334 valence electrons. The molecule has 0 unspecified atom stereocenters. The van der Waals surface area contributed by atoms with Crippen LogP contribution in [0.15, 0.2) is 204 Å². The van der Waals surface area contributed by atoms with Crippen molar-refractivity contribution in [2.75, 3.05) is 0 Å².